The van der Waals surface area contributed by atoms with Gasteiger partial charge in [0.25, 0.3) is 5.91 Å². The molecule has 1 saturated heterocycles. The number of hydrogen-bond donors (Lipinski definition) is 2. The molecule has 0 unspecified atom stereocenters. The van der Waals surface area contributed by atoms with Crippen molar-refractivity contribution in [3.8, 4) is 0 Å². The largest absolute Gasteiger partial charge is 0.343 e. The number of benzene rings is 2. The van der Waals surface area contributed by atoms with Crippen LogP contribution < -0.4 is 10.6 Å². The Bertz CT molecular complexity index is 1120. The van der Waals surface area contributed by atoms with Gasteiger partial charge < -0.3 is 10.6 Å². The lowest BCUT2D eigenvalue weighted by Gasteiger charge is -2.23. The van der Waals surface area contributed by atoms with Crippen molar-refractivity contribution in [2.45, 2.75) is 18.5 Å². The Balaban J connectivity index is 1.53. The first kappa shape index (κ1) is 21.1. The molecule has 2 aromatic carbocycles. The number of rotatable bonds is 6. The summed E-state index contributed by atoms with van der Waals surface area (Å²) >= 11 is 7.78. The SMILES string of the molecule is C[C@]1(c2ccccc2Cl)NC(=O)N(CC(=O)N[C@H](c2ccccc2)c2cccs2)C1=O. The van der Waals surface area contributed by atoms with Crippen LogP contribution in [0.15, 0.2) is 72.1 Å². The molecule has 2 atom stereocenters. The molecule has 1 fully saturated rings. The number of nitrogens with zero attached hydrogens (tertiary/aromatic N) is 1. The smallest absolute Gasteiger partial charge is 0.325 e. The molecule has 8 heteroatoms. The molecule has 0 saturated carbocycles. The van der Waals surface area contributed by atoms with Crippen LogP contribution in [-0.4, -0.2) is 29.3 Å². The van der Waals surface area contributed by atoms with Crippen molar-refractivity contribution >= 4 is 40.8 Å². The summed E-state index contributed by atoms with van der Waals surface area (Å²) in [5.74, 6) is -0.956. The van der Waals surface area contributed by atoms with Crippen molar-refractivity contribution < 1.29 is 14.4 Å². The highest BCUT2D eigenvalue weighted by molar-refractivity contribution is 7.10. The maximum absolute atomic E-state index is 13.1. The molecule has 31 heavy (non-hydrogen) atoms. The number of amides is 4. The monoisotopic (exact) mass is 453 g/mol. The quantitative estimate of drug-likeness (QED) is 0.552. The zero-order valence-electron chi connectivity index (χ0n) is 16.7. The fraction of sp³-hybridized carbons (Fsp3) is 0.174. The first-order valence-corrected chi connectivity index (χ1v) is 10.9. The Labute approximate surface area is 188 Å². The van der Waals surface area contributed by atoms with Gasteiger partial charge in [-0.15, -0.1) is 11.3 Å². The summed E-state index contributed by atoms with van der Waals surface area (Å²) in [4.78, 5) is 40.5. The first-order valence-electron chi connectivity index (χ1n) is 9.67. The number of urea groups is 1. The van der Waals surface area contributed by atoms with E-state index in [0.29, 0.717) is 10.6 Å². The molecule has 158 valence electrons. The van der Waals surface area contributed by atoms with E-state index in [-0.39, 0.29) is 12.6 Å². The Morgan fingerprint density at radius 2 is 1.81 bits per heavy atom. The summed E-state index contributed by atoms with van der Waals surface area (Å²) < 4.78 is 0. The van der Waals surface area contributed by atoms with E-state index in [1.165, 1.54) is 11.3 Å². The van der Waals surface area contributed by atoms with Crippen molar-refractivity contribution in [3.05, 3.63) is 93.1 Å². The van der Waals surface area contributed by atoms with E-state index in [0.717, 1.165) is 15.3 Å². The molecule has 4 amide bonds. The zero-order chi connectivity index (χ0) is 22.0. The van der Waals surface area contributed by atoms with Crippen LogP contribution in [0.3, 0.4) is 0 Å². The normalized spacial score (nSPS) is 19.2. The van der Waals surface area contributed by atoms with Crippen molar-refractivity contribution in [1.82, 2.24) is 15.5 Å². The van der Waals surface area contributed by atoms with Crippen LogP contribution in [0.25, 0.3) is 0 Å². The molecule has 1 aromatic heterocycles. The molecule has 2 heterocycles. The second kappa shape index (κ2) is 8.53. The Morgan fingerprint density at radius 1 is 1.10 bits per heavy atom. The number of carbonyl (C=O) groups excluding carboxylic acids is 3. The Morgan fingerprint density at radius 3 is 2.48 bits per heavy atom. The van der Waals surface area contributed by atoms with Gasteiger partial charge in [-0.1, -0.05) is 66.2 Å². The molecule has 2 N–H and O–H groups in total. The molecular weight excluding hydrogens is 434 g/mol. The minimum Gasteiger partial charge on any atom is -0.343 e. The molecule has 1 aliphatic rings. The second-order valence-electron chi connectivity index (χ2n) is 7.35. The number of thiophene rings is 1. The summed E-state index contributed by atoms with van der Waals surface area (Å²) in [5.41, 5.74) is 0.0672. The predicted molar refractivity (Wildman–Crippen MR) is 120 cm³/mol. The molecule has 6 nitrogen and oxygen atoms in total. The standard InChI is InChI=1S/C23H20ClN3O3S/c1-23(16-10-5-6-11-17(16)24)21(29)27(22(30)26-23)14-19(28)25-20(18-12-7-13-31-18)15-8-3-2-4-9-15/h2-13,20H,14H2,1H3,(H,25,28)(H,26,30)/t20-,23-/m1/s1. The maximum atomic E-state index is 13.1. The summed E-state index contributed by atoms with van der Waals surface area (Å²) in [5, 5.41) is 7.94. The van der Waals surface area contributed by atoms with E-state index < -0.39 is 23.4 Å². The summed E-state index contributed by atoms with van der Waals surface area (Å²) in [6, 6.07) is 19.2. The summed E-state index contributed by atoms with van der Waals surface area (Å²) in [6.07, 6.45) is 0. The van der Waals surface area contributed by atoms with Gasteiger partial charge in [0.1, 0.15) is 12.1 Å². The minimum absolute atomic E-state index is 0.367. The third-order valence-electron chi connectivity index (χ3n) is 5.26. The highest BCUT2D eigenvalue weighted by Crippen LogP contribution is 2.33. The van der Waals surface area contributed by atoms with E-state index >= 15 is 0 Å². The second-order valence-corrected chi connectivity index (χ2v) is 8.74. The number of carbonyl (C=O) groups is 3. The third-order valence-corrected chi connectivity index (χ3v) is 6.52. The molecule has 0 spiro atoms. The van der Waals surface area contributed by atoms with E-state index in [4.69, 9.17) is 11.6 Å². The number of halogens is 1. The average molecular weight is 454 g/mol. The predicted octanol–water partition coefficient (Wildman–Crippen LogP) is 4.07. The minimum atomic E-state index is -1.33. The highest BCUT2D eigenvalue weighted by atomic mass is 35.5. The third kappa shape index (κ3) is 4.06. The molecular formula is C23H20ClN3O3S. The van der Waals surface area contributed by atoms with Gasteiger partial charge in [-0.3, -0.25) is 14.5 Å². The summed E-state index contributed by atoms with van der Waals surface area (Å²) in [7, 11) is 0. The van der Waals surface area contributed by atoms with Crippen molar-refractivity contribution in [2.75, 3.05) is 6.54 Å². The van der Waals surface area contributed by atoms with E-state index in [2.05, 4.69) is 10.6 Å². The van der Waals surface area contributed by atoms with Gasteiger partial charge in [-0.05, 0) is 30.0 Å². The number of imide groups is 1. The maximum Gasteiger partial charge on any atom is 0.325 e. The van der Waals surface area contributed by atoms with Crippen LogP contribution >= 0.6 is 22.9 Å². The molecule has 1 aliphatic heterocycles. The Hall–Kier alpha value is -3.16. The van der Waals surface area contributed by atoms with E-state index in [1.54, 1.807) is 31.2 Å². The van der Waals surface area contributed by atoms with Gasteiger partial charge in [0.05, 0.1) is 6.04 Å². The van der Waals surface area contributed by atoms with Crippen molar-refractivity contribution in [1.29, 1.82) is 0 Å². The van der Waals surface area contributed by atoms with E-state index in [9.17, 15) is 14.4 Å². The van der Waals surface area contributed by atoms with Gasteiger partial charge in [-0.2, -0.15) is 0 Å². The van der Waals surface area contributed by atoms with Crippen LogP contribution in [0.2, 0.25) is 5.02 Å². The Kier molecular flexibility index (Phi) is 5.80. The van der Waals surface area contributed by atoms with Gasteiger partial charge in [0.15, 0.2) is 0 Å². The van der Waals surface area contributed by atoms with Gasteiger partial charge in [0, 0.05) is 15.5 Å². The van der Waals surface area contributed by atoms with Crippen molar-refractivity contribution in [3.63, 3.8) is 0 Å². The lowest BCUT2D eigenvalue weighted by atomic mass is 9.92. The van der Waals surface area contributed by atoms with Crippen LogP contribution in [0.1, 0.15) is 29.0 Å². The van der Waals surface area contributed by atoms with Crippen LogP contribution in [0.5, 0.6) is 0 Å². The van der Waals surface area contributed by atoms with Crippen LogP contribution in [-0.2, 0) is 15.1 Å². The highest BCUT2D eigenvalue weighted by Gasteiger charge is 2.50. The fourth-order valence-electron chi connectivity index (χ4n) is 3.66. The van der Waals surface area contributed by atoms with Gasteiger partial charge in [-0.25, -0.2) is 4.79 Å². The summed E-state index contributed by atoms with van der Waals surface area (Å²) in [6.45, 7) is 1.20. The van der Waals surface area contributed by atoms with Gasteiger partial charge >= 0.3 is 6.03 Å². The van der Waals surface area contributed by atoms with Gasteiger partial charge in [0.2, 0.25) is 5.91 Å². The van der Waals surface area contributed by atoms with Crippen LogP contribution in [0.4, 0.5) is 4.79 Å². The zero-order valence-corrected chi connectivity index (χ0v) is 18.2. The lowest BCUT2D eigenvalue weighted by Crippen LogP contribution is -2.44. The topological polar surface area (TPSA) is 78.5 Å². The molecule has 0 bridgehead atoms. The fourth-order valence-corrected chi connectivity index (χ4v) is 4.79. The van der Waals surface area contributed by atoms with Crippen molar-refractivity contribution in [2.24, 2.45) is 0 Å². The van der Waals surface area contributed by atoms with E-state index in [1.807, 2.05) is 47.8 Å². The van der Waals surface area contributed by atoms with Crippen LogP contribution in [0, 0.1) is 0 Å². The lowest BCUT2D eigenvalue weighted by molar-refractivity contribution is -0.135. The molecule has 3 aromatic rings. The molecule has 4 rings (SSSR count). The number of hydrogen-bond acceptors (Lipinski definition) is 4. The molecule has 0 radical (unpaired) electrons. The number of nitrogens with one attached hydrogen (secondary N) is 2. The molecule has 0 aliphatic carbocycles. The average Bonchev–Trinajstić information content (AvgIpc) is 3.37. The first-order chi connectivity index (χ1) is 14.9.